The van der Waals surface area contributed by atoms with E-state index in [2.05, 4.69) is 27.6 Å². The average Bonchev–Trinajstić information content (AvgIpc) is 3.52. The number of likely N-dealkylation sites (tertiary alicyclic amines) is 1. The molecule has 6 nitrogen and oxygen atoms in total. The maximum absolute atomic E-state index is 12.4. The van der Waals surface area contributed by atoms with Crippen LogP contribution in [0.3, 0.4) is 0 Å². The van der Waals surface area contributed by atoms with Crippen LogP contribution in [0.2, 0.25) is 0 Å². The smallest absolute Gasteiger partial charge is 0.244 e. The van der Waals surface area contributed by atoms with Crippen LogP contribution in [-0.4, -0.2) is 42.0 Å². The molecule has 36 heavy (non-hydrogen) atoms. The number of anilines is 1. The molecule has 4 aromatic rings. The molecule has 1 saturated heterocycles. The molecule has 0 bridgehead atoms. The lowest BCUT2D eigenvalue weighted by atomic mass is 10.0. The van der Waals surface area contributed by atoms with Crippen LogP contribution in [0.5, 0.6) is 11.5 Å². The van der Waals surface area contributed by atoms with Crippen LogP contribution in [0.1, 0.15) is 24.8 Å². The third-order valence-corrected chi connectivity index (χ3v) is 7.69. The van der Waals surface area contributed by atoms with Gasteiger partial charge in [0.2, 0.25) is 5.91 Å². The summed E-state index contributed by atoms with van der Waals surface area (Å²) >= 11 is 1.60. The largest absolute Gasteiger partial charge is 0.457 e. The second-order valence-electron chi connectivity index (χ2n) is 9.08. The van der Waals surface area contributed by atoms with E-state index in [0.717, 1.165) is 51.2 Å². The summed E-state index contributed by atoms with van der Waals surface area (Å²) in [5, 5.41) is 6.00. The van der Waals surface area contributed by atoms with Gasteiger partial charge >= 0.3 is 0 Å². The Morgan fingerprint density at radius 1 is 1.19 bits per heavy atom. The lowest BCUT2D eigenvalue weighted by molar-refractivity contribution is -0.116. The first-order valence-electron chi connectivity index (χ1n) is 12.2. The number of ether oxygens (including phenoxy) is 1. The first-order chi connectivity index (χ1) is 17.6. The van der Waals surface area contributed by atoms with Gasteiger partial charge < -0.3 is 20.7 Å². The van der Waals surface area contributed by atoms with Gasteiger partial charge in [0, 0.05) is 46.1 Å². The number of aromatic nitrogens is 1. The van der Waals surface area contributed by atoms with Crippen molar-refractivity contribution in [3.05, 3.63) is 77.8 Å². The van der Waals surface area contributed by atoms with Gasteiger partial charge in [0.15, 0.2) is 0 Å². The molecule has 1 amide bonds. The van der Waals surface area contributed by atoms with Crippen molar-refractivity contribution in [2.45, 2.75) is 25.3 Å². The Hall–Kier alpha value is -3.68. The minimum atomic E-state index is -0.0913. The van der Waals surface area contributed by atoms with Gasteiger partial charge in [-0.05, 0) is 74.1 Å². The van der Waals surface area contributed by atoms with Crippen LogP contribution in [0.15, 0.2) is 72.3 Å². The minimum Gasteiger partial charge on any atom is -0.457 e. The fraction of sp³-hybridized carbons (Fsp3) is 0.241. The van der Waals surface area contributed by atoms with E-state index < -0.39 is 0 Å². The molecule has 1 unspecified atom stereocenters. The predicted octanol–water partition coefficient (Wildman–Crippen LogP) is 5.95. The van der Waals surface area contributed by atoms with E-state index in [9.17, 15) is 4.79 Å². The molecule has 2 aromatic carbocycles. The van der Waals surface area contributed by atoms with Gasteiger partial charge in [-0.25, -0.2) is 4.98 Å². The number of nitrogens with one attached hydrogen (secondary N) is 1. The van der Waals surface area contributed by atoms with Crippen molar-refractivity contribution in [2.24, 2.45) is 0 Å². The van der Waals surface area contributed by atoms with Crippen molar-refractivity contribution >= 4 is 39.2 Å². The van der Waals surface area contributed by atoms with E-state index >= 15 is 0 Å². The van der Waals surface area contributed by atoms with Crippen molar-refractivity contribution in [3.63, 3.8) is 0 Å². The molecule has 0 aliphatic carbocycles. The summed E-state index contributed by atoms with van der Waals surface area (Å²) in [6, 6.07) is 18.2. The molecule has 1 aliphatic heterocycles. The van der Waals surface area contributed by atoms with E-state index in [4.69, 9.17) is 10.5 Å². The Balaban J connectivity index is 1.29. The van der Waals surface area contributed by atoms with Crippen LogP contribution >= 0.6 is 11.3 Å². The number of carbonyl (C=O) groups excluding carboxylic acids is 1. The first kappa shape index (κ1) is 24.0. The lowest BCUT2D eigenvalue weighted by Gasteiger charge is -2.18. The third-order valence-electron chi connectivity index (χ3n) is 6.66. The number of rotatable bonds is 8. The number of hydrogen-bond donors (Lipinski definition) is 2. The fourth-order valence-corrected chi connectivity index (χ4v) is 5.75. The van der Waals surface area contributed by atoms with Crippen LogP contribution in [0, 0.1) is 0 Å². The second-order valence-corrected chi connectivity index (χ2v) is 9.96. The monoisotopic (exact) mass is 498 g/mol. The highest BCUT2D eigenvalue weighted by Crippen LogP contribution is 2.39. The number of nitrogen functional groups attached to an aromatic ring is 1. The Morgan fingerprint density at radius 3 is 2.72 bits per heavy atom. The standard InChI is InChI=1S/C29H30N4O2S/c1-33-17-5-6-22(33)15-16-31-26(34)14-11-21-18-32-29(30)27-25(19-36-28(21)27)20-9-12-24(13-10-20)35-23-7-3-2-4-8-23/h2-4,7-14,18-19,22H,5-6,15-17H2,1H3,(H2,30,32)(H,31,34). The summed E-state index contributed by atoms with van der Waals surface area (Å²) in [5.74, 6) is 1.95. The number of hydrogen-bond acceptors (Lipinski definition) is 6. The third kappa shape index (κ3) is 5.42. The highest BCUT2D eigenvalue weighted by Gasteiger charge is 2.20. The summed E-state index contributed by atoms with van der Waals surface area (Å²) in [4.78, 5) is 19.2. The van der Waals surface area contributed by atoms with Crippen molar-refractivity contribution in [1.29, 1.82) is 0 Å². The number of benzene rings is 2. The molecule has 1 fully saturated rings. The Kier molecular flexibility index (Phi) is 7.30. The van der Waals surface area contributed by atoms with Crippen molar-refractivity contribution < 1.29 is 9.53 Å². The number of carbonyl (C=O) groups is 1. The molecule has 7 heteroatoms. The number of pyridine rings is 1. The van der Waals surface area contributed by atoms with E-state index in [-0.39, 0.29) is 5.91 Å². The Morgan fingerprint density at radius 2 is 1.97 bits per heavy atom. The molecule has 2 aromatic heterocycles. The van der Waals surface area contributed by atoms with E-state index in [0.29, 0.717) is 18.4 Å². The van der Waals surface area contributed by atoms with Crippen molar-refractivity contribution in [1.82, 2.24) is 15.2 Å². The topological polar surface area (TPSA) is 80.5 Å². The quantitative estimate of drug-likeness (QED) is 0.293. The van der Waals surface area contributed by atoms with E-state index in [1.807, 2.05) is 60.7 Å². The van der Waals surface area contributed by atoms with Crippen molar-refractivity contribution in [2.75, 3.05) is 25.9 Å². The molecule has 184 valence electrons. The number of amides is 1. The van der Waals surface area contributed by atoms with Crippen LogP contribution < -0.4 is 15.8 Å². The zero-order valence-electron chi connectivity index (χ0n) is 20.3. The molecule has 3 heterocycles. The summed E-state index contributed by atoms with van der Waals surface area (Å²) in [6.45, 7) is 1.83. The van der Waals surface area contributed by atoms with Gasteiger partial charge in [0.1, 0.15) is 17.3 Å². The van der Waals surface area contributed by atoms with Crippen LogP contribution in [-0.2, 0) is 4.79 Å². The van der Waals surface area contributed by atoms with Gasteiger partial charge in [0.25, 0.3) is 0 Å². The minimum absolute atomic E-state index is 0.0913. The molecule has 5 rings (SSSR count). The molecule has 3 N–H and O–H groups in total. The number of thiophene rings is 1. The molecular weight excluding hydrogens is 468 g/mol. The number of fused-ring (bicyclic) bond motifs is 1. The lowest BCUT2D eigenvalue weighted by Crippen LogP contribution is -2.31. The maximum atomic E-state index is 12.4. The second kappa shape index (κ2) is 10.9. The average molecular weight is 499 g/mol. The van der Waals surface area contributed by atoms with Gasteiger partial charge in [0.05, 0.1) is 0 Å². The first-order valence-corrected chi connectivity index (χ1v) is 13.1. The molecular formula is C29H30N4O2S. The van der Waals surface area contributed by atoms with Crippen LogP contribution in [0.4, 0.5) is 5.82 Å². The zero-order chi connectivity index (χ0) is 24.9. The summed E-state index contributed by atoms with van der Waals surface area (Å²) in [7, 11) is 2.15. The van der Waals surface area contributed by atoms with Gasteiger partial charge in [-0.15, -0.1) is 11.3 Å². The highest BCUT2D eigenvalue weighted by atomic mass is 32.1. The molecule has 0 spiro atoms. The highest BCUT2D eigenvalue weighted by molar-refractivity contribution is 7.18. The Bertz CT molecular complexity index is 1370. The number of nitrogens with zero attached hydrogens (tertiary/aromatic N) is 2. The van der Waals surface area contributed by atoms with Crippen LogP contribution in [0.25, 0.3) is 27.3 Å². The van der Waals surface area contributed by atoms with Gasteiger partial charge in [-0.2, -0.15) is 0 Å². The van der Waals surface area contributed by atoms with E-state index in [1.54, 1.807) is 23.6 Å². The normalized spacial score (nSPS) is 16.1. The molecule has 0 saturated carbocycles. The SMILES string of the molecule is CN1CCCC1CCNC(=O)C=Cc1cnc(N)c2c(-c3ccc(Oc4ccccc4)cc3)csc12. The van der Waals surface area contributed by atoms with Gasteiger partial charge in [-0.3, -0.25) is 4.79 Å². The summed E-state index contributed by atoms with van der Waals surface area (Å²) in [6.07, 6.45) is 8.56. The van der Waals surface area contributed by atoms with E-state index in [1.165, 1.54) is 12.8 Å². The number of nitrogens with two attached hydrogens (primary N) is 1. The molecule has 1 atom stereocenters. The summed E-state index contributed by atoms with van der Waals surface area (Å²) in [5.41, 5.74) is 9.23. The predicted molar refractivity (Wildman–Crippen MR) is 148 cm³/mol. The molecule has 1 aliphatic rings. The maximum Gasteiger partial charge on any atom is 0.244 e. The fourth-order valence-electron chi connectivity index (χ4n) is 4.68. The zero-order valence-corrected chi connectivity index (χ0v) is 21.1. The molecule has 0 radical (unpaired) electrons. The Labute approximate surface area is 215 Å². The summed E-state index contributed by atoms with van der Waals surface area (Å²) < 4.78 is 6.93. The number of para-hydroxylation sites is 1. The van der Waals surface area contributed by atoms with Crippen molar-refractivity contribution in [3.8, 4) is 22.6 Å². The van der Waals surface area contributed by atoms with Gasteiger partial charge in [-0.1, -0.05) is 30.3 Å².